The second kappa shape index (κ2) is 4.96. The van der Waals surface area contributed by atoms with Crippen LogP contribution in [0.4, 0.5) is 5.69 Å². The van der Waals surface area contributed by atoms with Crippen molar-refractivity contribution in [3.63, 3.8) is 0 Å². The van der Waals surface area contributed by atoms with E-state index in [2.05, 4.69) is 22.5 Å². The zero-order valence-electron chi connectivity index (χ0n) is 9.51. The van der Waals surface area contributed by atoms with Crippen molar-refractivity contribution in [3.05, 3.63) is 65.7 Å². The van der Waals surface area contributed by atoms with Crippen LogP contribution in [0.25, 0.3) is 0 Å². The number of rotatable bonds is 2. The molecule has 1 unspecified atom stereocenters. The van der Waals surface area contributed by atoms with Crippen LogP contribution in [0.1, 0.15) is 11.1 Å². The van der Waals surface area contributed by atoms with Gasteiger partial charge in [0.1, 0.15) is 4.32 Å². The van der Waals surface area contributed by atoms with Gasteiger partial charge in [-0.1, -0.05) is 60.1 Å². The number of hydrogen-bond donors (Lipinski definition) is 0. The summed E-state index contributed by atoms with van der Waals surface area (Å²) >= 11 is 6.31. The highest BCUT2D eigenvalue weighted by Crippen LogP contribution is 2.45. The highest BCUT2D eigenvalue weighted by atomic mass is 35.7. The first kappa shape index (κ1) is 12.1. The molecule has 0 amide bonds. The molecule has 0 N–H and O–H groups in total. The van der Waals surface area contributed by atoms with Gasteiger partial charge in [-0.05, 0) is 22.3 Å². The standard InChI is InChI=1S/C14H11Cl2NS/c15-14-12-8-4-5-9-13(12)17(18(14)16)10-11-6-2-1-3-7-11/h1-9H,10H2. The van der Waals surface area contributed by atoms with Crippen molar-refractivity contribution in [3.8, 4) is 0 Å². The van der Waals surface area contributed by atoms with Crippen molar-refractivity contribution in [1.29, 1.82) is 0 Å². The Bertz CT molecular complexity index is 610. The Morgan fingerprint density at radius 1 is 0.944 bits per heavy atom. The maximum absolute atomic E-state index is 6.43. The van der Waals surface area contributed by atoms with Crippen molar-refractivity contribution < 1.29 is 0 Å². The van der Waals surface area contributed by atoms with E-state index in [1.165, 1.54) is 5.56 Å². The molecule has 0 aliphatic carbocycles. The third-order valence-corrected chi connectivity index (χ3v) is 5.97. The Labute approximate surface area is 119 Å². The normalized spacial score (nSPS) is 18.0. The minimum atomic E-state index is -0.565. The first-order valence-electron chi connectivity index (χ1n) is 5.61. The van der Waals surface area contributed by atoms with Crippen molar-refractivity contribution in [2.24, 2.45) is 0 Å². The molecule has 0 saturated heterocycles. The summed E-state index contributed by atoms with van der Waals surface area (Å²) < 4.78 is 2.89. The van der Waals surface area contributed by atoms with Gasteiger partial charge in [-0.15, -0.1) is 0 Å². The summed E-state index contributed by atoms with van der Waals surface area (Å²) in [5, 5.41) is 0. The van der Waals surface area contributed by atoms with Crippen molar-refractivity contribution >= 4 is 42.2 Å². The first-order valence-corrected chi connectivity index (χ1v) is 8.00. The van der Waals surface area contributed by atoms with Crippen molar-refractivity contribution in [2.45, 2.75) is 6.54 Å². The number of anilines is 1. The van der Waals surface area contributed by atoms with Gasteiger partial charge in [-0.2, -0.15) is 0 Å². The van der Waals surface area contributed by atoms with E-state index in [-0.39, 0.29) is 0 Å². The van der Waals surface area contributed by atoms with Crippen LogP contribution in [-0.4, -0.2) is 4.32 Å². The largest absolute Gasteiger partial charge is 0.303 e. The summed E-state index contributed by atoms with van der Waals surface area (Å²) in [4.78, 5) is 0. The predicted molar refractivity (Wildman–Crippen MR) is 82.5 cm³/mol. The van der Waals surface area contributed by atoms with E-state index in [1.54, 1.807) is 0 Å². The van der Waals surface area contributed by atoms with Crippen molar-refractivity contribution in [1.82, 2.24) is 0 Å². The number of para-hydroxylation sites is 1. The van der Waals surface area contributed by atoms with Crippen LogP contribution in [0.3, 0.4) is 0 Å². The summed E-state index contributed by atoms with van der Waals surface area (Å²) in [7, 11) is 5.86. The van der Waals surface area contributed by atoms with Crippen LogP contribution in [0.15, 0.2) is 54.6 Å². The van der Waals surface area contributed by atoms with E-state index in [1.807, 2.05) is 36.4 Å². The number of hydrogen-bond acceptors (Lipinski definition) is 1. The van der Waals surface area contributed by atoms with Crippen molar-refractivity contribution in [2.75, 3.05) is 4.31 Å². The molecule has 0 bridgehead atoms. The molecule has 0 saturated carbocycles. The van der Waals surface area contributed by atoms with E-state index in [0.29, 0.717) is 0 Å². The molecule has 1 heterocycles. The molecule has 0 aromatic heterocycles. The minimum Gasteiger partial charge on any atom is -0.303 e. The van der Waals surface area contributed by atoms with Crippen LogP contribution < -0.4 is 4.31 Å². The molecule has 1 aliphatic heterocycles. The van der Waals surface area contributed by atoms with Gasteiger partial charge in [0, 0.05) is 15.4 Å². The fourth-order valence-corrected chi connectivity index (χ4v) is 4.19. The lowest BCUT2D eigenvalue weighted by Gasteiger charge is -2.20. The highest BCUT2D eigenvalue weighted by Gasteiger charge is 2.25. The average Bonchev–Trinajstić information content (AvgIpc) is 2.66. The summed E-state index contributed by atoms with van der Waals surface area (Å²) in [5.74, 6) is 0. The van der Waals surface area contributed by atoms with E-state index >= 15 is 0 Å². The van der Waals surface area contributed by atoms with Gasteiger partial charge in [0.2, 0.25) is 0 Å². The smallest absolute Gasteiger partial charge is 0.107 e. The Balaban J connectivity index is 1.99. The Morgan fingerprint density at radius 2 is 1.61 bits per heavy atom. The molecular formula is C14H11Cl2NS. The monoisotopic (exact) mass is 295 g/mol. The lowest BCUT2D eigenvalue weighted by molar-refractivity contribution is 1.06. The Hall–Kier alpha value is -0.960. The summed E-state index contributed by atoms with van der Waals surface area (Å²) in [6.45, 7) is 0.778. The fourth-order valence-electron chi connectivity index (χ4n) is 2.02. The van der Waals surface area contributed by atoms with Crippen LogP contribution >= 0.6 is 32.2 Å². The van der Waals surface area contributed by atoms with E-state index < -0.39 is 9.88 Å². The van der Waals surface area contributed by atoms with Gasteiger partial charge in [-0.25, -0.2) is 0 Å². The first-order chi connectivity index (χ1) is 8.77. The van der Waals surface area contributed by atoms with Gasteiger partial charge in [0.15, 0.2) is 0 Å². The molecule has 1 nitrogen and oxygen atoms in total. The highest BCUT2D eigenvalue weighted by molar-refractivity contribution is 8.37. The summed E-state index contributed by atoms with van der Waals surface area (Å²) in [5.41, 5.74) is 3.40. The van der Waals surface area contributed by atoms with Gasteiger partial charge in [0.25, 0.3) is 0 Å². The predicted octanol–water partition coefficient (Wildman–Crippen LogP) is 4.76. The molecule has 0 radical (unpaired) electrons. The summed E-state index contributed by atoms with van der Waals surface area (Å²) in [6.07, 6.45) is 0. The second-order valence-corrected chi connectivity index (χ2v) is 6.85. The van der Waals surface area contributed by atoms with Crippen LogP contribution in [0.5, 0.6) is 0 Å². The van der Waals surface area contributed by atoms with E-state index in [9.17, 15) is 0 Å². The molecule has 18 heavy (non-hydrogen) atoms. The molecule has 1 atom stereocenters. The third kappa shape index (κ3) is 2.05. The van der Waals surface area contributed by atoms with Gasteiger partial charge in [0.05, 0.1) is 12.2 Å². The van der Waals surface area contributed by atoms with E-state index in [4.69, 9.17) is 22.3 Å². The van der Waals surface area contributed by atoms with Crippen LogP contribution in [0.2, 0.25) is 0 Å². The molecule has 2 aromatic carbocycles. The topological polar surface area (TPSA) is 3.24 Å². The lowest BCUT2D eigenvalue weighted by Crippen LogP contribution is -2.11. The maximum Gasteiger partial charge on any atom is 0.107 e. The third-order valence-electron chi connectivity index (χ3n) is 2.89. The molecule has 4 heteroatoms. The molecule has 0 fully saturated rings. The van der Waals surface area contributed by atoms with Gasteiger partial charge >= 0.3 is 0 Å². The zero-order chi connectivity index (χ0) is 12.5. The lowest BCUT2D eigenvalue weighted by atomic mass is 10.2. The Morgan fingerprint density at radius 3 is 2.39 bits per heavy atom. The van der Waals surface area contributed by atoms with Gasteiger partial charge in [-0.3, -0.25) is 0 Å². The average molecular weight is 296 g/mol. The fraction of sp³-hybridized carbons (Fsp3) is 0.0714. The van der Waals surface area contributed by atoms with Crippen LogP contribution in [0, 0.1) is 0 Å². The number of benzene rings is 2. The molecule has 3 rings (SSSR count). The van der Waals surface area contributed by atoms with Gasteiger partial charge < -0.3 is 4.31 Å². The molecule has 1 aliphatic rings. The molecule has 92 valence electrons. The van der Waals surface area contributed by atoms with E-state index in [0.717, 1.165) is 22.1 Å². The zero-order valence-corrected chi connectivity index (χ0v) is 11.8. The molecule has 0 spiro atoms. The SMILES string of the molecule is ClC1=S(Cl)N(Cc2ccccc2)c2ccccc21. The maximum atomic E-state index is 6.43. The minimum absolute atomic E-state index is 0.565. The molecular weight excluding hydrogens is 285 g/mol. The molecule has 2 aromatic rings. The second-order valence-electron chi connectivity index (χ2n) is 4.05. The quantitative estimate of drug-likeness (QED) is 0.570. The number of halogens is 2. The number of fused-ring (bicyclic) bond motifs is 1. The van der Waals surface area contributed by atoms with Crippen LogP contribution in [-0.2, 0) is 6.54 Å². The Kier molecular flexibility index (Phi) is 3.33. The summed E-state index contributed by atoms with van der Waals surface area (Å²) in [6, 6.07) is 18.4. The number of nitrogens with zero attached hydrogens (tertiary/aromatic N) is 1.